The zero-order chi connectivity index (χ0) is 33.7. The van der Waals surface area contributed by atoms with Crippen molar-refractivity contribution in [2.45, 2.75) is 0 Å². The molecule has 2 heterocycles. The van der Waals surface area contributed by atoms with Crippen molar-refractivity contribution < 1.29 is 0 Å². The summed E-state index contributed by atoms with van der Waals surface area (Å²) in [5.41, 5.74) is 12.9. The van der Waals surface area contributed by atoms with Crippen molar-refractivity contribution >= 4 is 60.7 Å². The molecule has 0 spiro atoms. The molecule has 0 aliphatic heterocycles. The maximum Gasteiger partial charge on any atom is 0.0547 e. The van der Waals surface area contributed by atoms with E-state index < -0.39 is 0 Å². The van der Waals surface area contributed by atoms with E-state index in [-0.39, 0.29) is 0 Å². The molecule has 0 bridgehead atoms. The summed E-state index contributed by atoms with van der Waals surface area (Å²) in [5, 5.41) is 4.96. The molecule has 0 amide bonds. The van der Waals surface area contributed by atoms with Crippen LogP contribution in [0.2, 0.25) is 0 Å². The maximum absolute atomic E-state index is 2.42. The number of hydrogen-bond acceptors (Lipinski definition) is 1. The normalized spacial score (nSPS) is 11.5. The van der Waals surface area contributed by atoms with Crippen LogP contribution in [0.1, 0.15) is 0 Å². The van der Waals surface area contributed by atoms with Gasteiger partial charge in [-0.05, 0) is 96.1 Å². The molecule has 2 aromatic heterocycles. The lowest BCUT2D eigenvalue weighted by atomic mass is 9.98. The monoisotopic (exact) mass is 651 g/mol. The molecule has 0 unspecified atom stereocenters. The van der Waals surface area contributed by atoms with Crippen molar-refractivity contribution in [2.75, 3.05) is 4.90 Å². The van der Waals surface area contributed by atoms with Crippen molar-refractivity contribution in [2.24, 2.45) is 0 Å². The summed E-state index contributed by atoms with van der Waals surface area (Å²) < 4.78 is 4.81. The van der Waals surface area contributed by atoms with Crippen LogP contribution in [-0.2, 0) is 0 Å². The minimum atomic E-state index is 1.12. The Kier molecular flexibility index (Phi) is 6.81. The third-order valence-electron chi connectivity index (χ3n) is 10.1. The highest BCUT2D eigenvalue weighted by Gasteiger charge is 2.20. The lowest BCUT2D eigenvalue weighted by molar-refractivity contribution is 1.18. The molecule has 0 aliphatic carbocycles. The molecule has 0 atom stereocenters. The Morgan fingerprint density at radius 1 is 0.314 bits per heavy atom. The van der Waals surface area contributed by atoms with E-state index in [1.165, 1.54) is 54.7 Å². The van der Waals surface area contributed by atoms with Gasteiger partial charge in [0.1, 0.15) is 0 Å². The van der Waals surface area contributed by atoms with Crippen LogP contribution in [0.15, 0.2) is 200 Å². The lowest BCUT2D eigenvalue weighted by Gasteiger charge is -2.25. The van der Waals surface area contributed by atoms with Gasteiger partial charge in [-0.2, -0.15) is 0 Å². The topological polar surface area (TPSA) is 13.1 Å². The standard InChI is InChI=1S/C48H33N3/c1-5-16-35(17-6-1)49(36-18-7-2-8-19-36)39-29-31-45-43(33-39)41-30-28-34(32-47(41)51(45)38-22-11-4-12-23-38)40-25-15-27-46-48(40)42-24-13-14-26-44(42)50(46)37-20-9-3-10-21-37/h1-33H. The fourth-order valence-corrected chi connectivity index (χ4v) is 7.89. The van der Waals surface area contributed by atoms with Crippen molar-refractivity contribution in [1.82, 2.24) is 9.13 Å². The number of nitrogens with zero attached hydrogens (tertiary/aromatic N) is 3. The zero-order valence-electron chi connectivity index (χ0n) is 27.9. The molecular formula is C48H33N3. The largest absolute Gasteiger partial charge is 0.310 e. The molecule has 0 fully saturated rings. The smallest absolute Gasteiger partial charge is 0.0547 e. The molecule has 10 aromatic rings. The third kappa shape index (κ3) is 4.74. The molecule has 240 valence electrons. The van der Waals surface area contributed by atoms with Gasteiger partial charge in [-0.15, -0.1) is 0 Å². The first-order chi connectivity index (χ1) is 25.3. The van der Waals surface area contributed by atoms with Crippen LogP contribution in [0.4, 0.5) is 17.1 Å². The van der Waals surface area contributed by atoms with Crippen LogP contribution in [0.3, 0.4) is 0 Å². The summed E-state index contributed by atoms with van der Waals surface area (Å²) >= 11 is 0. The number of fused-ring (bicyclic) bond motifs is 6. The maximum atomic E-state index is 2.42. The molecule has 10 rings (SSSR count). The van der Waals surface area contributed by atoms with E-state index >= 15 is 0 Å². The number of para-hydroxylation sites is 5. The Morgan fingerprint density at radius 3 is 1.53 bits per heavy atom. The minimum absolute atomic E-state index is 1.12. The third-order valence-corrected chi connectivity index (χ3v) is 10.1. The van der Waals surface area contributed by atoms with Crippen molar-refractivity contribution in [3.63, 3.8) is 0 Å². The summed E-state index contributed by atoms with van der Waals surface area (Å²) in [4.78, 5) is 2.34. The molecule has 0 radical (unpaired) electrons. The van der Waals surface area contributed by atoms with Crippen molar-refractivity contribution in [1.29, 1.82) is 0 Å². The molecule has 0 saturated carbocycles. The van der Waals surface area contributed by atoms with Crippen LogP contribution in [0, 0.1) is 0 Å². The van der Waals surface area contributed by atoms with Gasteiger partial charge < -0.3 is 14.0 Å². The number of rotatable bonds is 6. The van der Waals surface area contributed by atoms with Crippen LogP contribution in [-0.4, -0.2) is 9.13 Å². The Labute approximate surface area is 296 Å². The van der Waals surface area contributed by atoms with E-state index in [2.05, 4.69) is 214 Å². The molecule has 8 aromatic carbocycles. The number of aromatic nitrogens is 2. The van der Waals surface area contributed by atoms with E-state index in [9.17, 15) is 0 Å². The SMILES string of the molecule is c1ccc(N(c2ccccc2)c2ccc3c(c2)c2ccc(-c4cccc5c4c4ccccc4n5-c4ccccc4)cc2n3-c2ccccc2)cc1. The second-order valence-electron chi connectivity index (χ2n) is 13.0. The van der Waals surface area contributed by atoms with Gasteiger partial charge in [0.15, 0.2) is 0 Å². The summed E-state index contributed by atoms with van der Waals surface area (Å²) in [6, 6.07) is 72.0. The van der Waals surface area contributed by atoms with Crippen LogP contribution in [0.5, 0.6) is 0 Å². The molecule has 3 heteroatoms. The Balaban J connectivity index is 1.23. The molecule has 0 N–H and O–H groups in total. The number of benzene rings is 8. The Morgan fingerprint density at radius 2 is 0.863 bits per heavy atom. The summed E-state index contributed by atoms with van der Waals surface area (Å²) in [7, 11) is 0. The lowest BCUT2D eigenvalue weighted by Crippen LogP contribution is -2.09. The van der Waals surface area contributed by atoms with Gasteiger partial charge in [-0.1, -0.05) is 115 Å². The summed E-state index contributed by atoms with van der Waals surface area (Å²) in [6.07, 6.45) is 0. The average molecular weight is 652 g/mol. The fourth-order valence-electron chi connectivity index (χ4n) is 7.89. The van der Waals surface area contributed by atoms with Gasteiger partial charge >= 0.3 is 0 Å². The van der Waals surface area contributed by atoms with Crippen LogP contribution < -0.4 is 4.90 Å². The predicted molar refractivity (Wildman–Crippen MR) is 215 cm³/mol. The fraction of sp³-hybridized carbons (Fsp3) is 0. The van der Waals surface area contributed by atoms with Crippen molar-refractivity contribution in [3.05, 3.63) is 200 Å². The van der Waals surface area contributed by atoms with E-state index in [4.69, 9.17) is 0 Å². The summed E-state index contributed by atoms with van der Waals surface area (Å²) in [6.45, 7) is 0. The van der Waals surface area contributed by atoms with E-state index in [1.807, 2.05) is 0 Å². The molecule has 0 aliphatic rings. The molecule has 0 saturated heterocycles. The minimum Gasteiger partial charge on any atom is -0.310 e. The van der Waals surface area contributed by atoms with Gasteiger partial charge in [0, 0.05) is 50.0 Å². The zero-order valence-corrected chi connectivity index (χ0v) is 27.9. The quantitative estimate of drug-likeness (QED) is 0.174. The first-order valence-electron chi connectivity index (χ1n) is 17.5. The highest BCUT2D eigenvalue weighted by molar-refractivity contribution is 6.17. The highest BCUT2D eigenvalue weighted by atomic mass is 15.1. The van der Waals surface area contributed by atoms with Gasteiger partial charge in [0.2, 0.25) is 0 Å². The van der Waals surface area contributed by atoms with E-state index in [1.54, 1.807) is 0 Å². The van der Waals surface area contributed by atoms with E-state index in [0.29, 0.717) is 0 Å². The second-order valence-corrected chi connectivity index (χ2v) is 13.0. The first-order valence-corrected chi connectivity index (χ1v) is 17.5. The van der Waals surface area contributed by atoms with Crippen LogP contribution >= 0.6 is 0 Å². The predicted octanol–water partition coefficient (Wildman–Crippen LogP) is 13.0. The molecule has 51 heavy (non-hydrogen) atoms. The molecular weight excluding hydrogens is 619 g/mol. The number of hydrogen-bond donors (Lipinski definition) is 0. The number of anilines is 3. The second kappa shape index (κ2) is 11.9. The van der Waals surface area contributed by atoms with Gasteiger partial charge in [0.05, 0.1) is 22.1 Å². The van der Waals surface area contributed by atoms with E-state index in [0.717, 1.165) is 28.4 Å². The van der Waals surface area contributed by atoms with Gasteiger partial charge in [-0.3, -0.25) is 0 Å². The Bertz CT molecular complexity index is 2790. The highest BCUT2D eigenvalue weighted by Crippen LogP contribution is 2.43. The van der Waals surface area contributed by atoms with Crippen molar-refractivity contribution in [3.8, 4) is 22.5 Å². The van der Waals surface area contributed by atoms with Gasteiger partial charge in [-0.25, -0.2) is 0 Å². The molecule has 3 nitrogen and oxygen atoms in total. The Hall–Kier alpha value is -6.84. The van der Waals surface area contributed by atoms with Gasteiger partial charge in [0.25, 0.3) is 0 Å². The first kappa shape index (κ1) is 29.1. The average Bonchev–Trinajstić information content (AvgIpc) is 3.72. The summed E-state index contributed by atoms with van der Waals surface area (Å²) in [5.74, 6) is 0. The van der Waals surface area contributed by atoms with Crippen LogP contribution in [0.25, 0.3) is 66.1 Å².